The zero-order valence-electron chi connectivity index (χ0n) is 39.5. The Hall–Kier alpha value is -1.97. The molecule has 5 aliphatic rings. The molecule has 16 nitrogen and oxygen atoms in total. The molecular formula is C48H78O16. The van der Waals surface area contributed by atoms with Crippen LogP contribution in [0.1, 0.15) is 115 Å². The van der Waals surface area contributed by atoms with Crippen LogP contribution in [0.15, 0.2) is 46.6 Å². The van der Waals surface area contributed by atoms with Crippen molar-refractivity contribution in [2.75, 3.05) is 0 Å². The van der Waals surface area contributed by atoms with Crippen LogP contribution in [0.2, 0.25) is 0 Å². The summed E-state index contributed by atoms with van der Waals surface area (Å²) in [6.45, 7) is 20.1. The molecule has 2 saturated carbocycles. The van der Waals surface area contributed by atoms with Gasteiger partial charge in [-0.3, -0.25) is 4.79 Å². The molecule has 3 heterocycles. The van der Waals surface area contributed by atoms with E-state index in [1.165, 1.54) is 6.92 Å². The fourth-order valence-corrected chi connectivity index (χ4v) is 10.3. The lowest BCUT2D eigenvalue weighted by Gasteiger charge is -2.52. The summed E-state index contributed by atoms with van der Waals surface area (Å²) in [4.78, 5) is 14.9. The Morgan fingerprint density at radius 3 is 1.66 bits per heavy atom. The lowest BCUT2D eigenvalue weighted by molar-refractivity contribution is -0.354. The number of aliphatic hydroxyl groups is 9. The second kappa shape index (κ2) is 21.5. The molecular weight excluding hydrogens is 833 g/mol. The van der Waals surface area contributed by atoms with Crippen molar-refractivity contribution >= 4 is 5.78 Å². The van der Waals surface area contributed by atoms with Gasteiger partial charge in [-0.2, -0.15) is 0 Å². The van der Waals surface area contributed by atoms with E-state index in [0.717, 1.165) is 24.0 Å². The number of ether oxygens (including phenoxy) is 6. The van der Waals surface area contributed by atoms with Crippen LogP contribution in [0.5, 0.6) is 0 Å². The van der Waals surface area contributed by atoms with Gasteiger partial charge in [-0.1, -0.05) is 55.7 Å². The molecule has 16 heteroatoms. The smallest absolute Gasteiger partial charge is 0.187 e. The van der Waals surface area contributed by atoms with E-state index in [1.54, 1.807) is 19.9 Å². The van der Waals surface area contributed by atoms with Gasteiger partial charge >= 0.3 is 0 Å². The molecule has 0 bridgehead atoms. The fraction of sp³-hybridized carbons (Fsp3) is 0.812. The first-order valence-electron chi connectivity index (χ1n) is 23.1. The number of Topliss-reactive ketones (excluding diaryl/α,β-unsaturated/α-hetero) is 1. The number of aliphatic hydroxyl groups excluding tert-OH is 8. The normalized spacial score (nSPS) is 45.4. The molecule has 0 spiro atoms. The maximum atomic E-state index is 14.9. The predicted octanol–water partition coefficient (Wildman–Crippen LogP) is 2.63. The van der Waals surface area contributed by atoms with Gasteiger partial charge in [0.1, 0.15) is 60.7 Å². The van der Waals surface area contributed by atoms with Gasteiger partial charge < -0.3 is 74.4 Å². The number of hydrogen-bond donors (Lipinski definition) is 9. The molecule has 0 aromatic heterocycles. The highest BCUT2D eigenvalue weighted by Gasteiger charge is 2.62. The average molecular weight is 911 g/mol. The second-order valence-corrected chi connectivity index (χ2v) is 20.0. The van der Waals surface area contributed by atoms with Crippen LogP contribution >= 0.6 is 0 Å². The van der Waals surface area contributed by atoms with Gasteiger partial charge in [0.2, 0.25) is 0 Å². The summed E-state index contributed by atoms with van der Waals surface area (Å²) in [6.07, 6.45) is -10.6. The van der Waals surface area contributed by atoms with Crippen molar-refractivity contribution in [3.63, 3.8) is 0 Å². The predicted molar refractivity (Wildman–Crippen MR) is 234 cm³/mol. The number of carbonyl (C=O) groups excluding carboxylic acids is 1. The number of allylic oxidation sites excluding steroid dienone is 2. The molecule has 3 saturated heterocycles. The minimum absolute atomic E-state index is 0.0646. The number of hydrogen-bond acceptors (Lipinski definition) is 16. The van der Waals surface area contributed by atoms with Crippen LogP contribution < -0.4 is 0 Å². The summed E-state index contributed by atoms with van der Waals surface area (Å²) >= 11 is 0. The summed E-state index contributed by atoms with van der Waals surface area (Å²) in [7, 11) is 0. The van der Waals surface area contributed by atoms with Crippen LogP contribution in [0.25, 0.3) is 0 Å². The van der Waals surface area contributed by atoms with Crippen molar-refractivity contribution in [1.82, 2.24) is 0 Å². The van der Waals surface area contributed by atoms with Crippen LogP contribution in [-0.2, 0) is 33.2 Å². The van der Waals surface area contributed by atoms with E-state index in [9.17, 15) is 50.8 Å². The first-order valence-corrected chi connectivity index (χ1v) is 23.1. The van der Waals surface area contributed by atoms with E-state index < -0.39 is 121 Å². The molecule has 2 aliphatic carbocycles. The third-order valence-corrected chi connectivity index (χ3v) is 14.8. The van der Waals surface area contributed by atoms with Gasteiger partial charge in [0, 0.05) is 5.41 Å². The van der Waals surface area contributed by atoms with E-state index in [4.69, 9.17) is 28.4 Å². The van der Waals surface area contributed by atoms with Crippen molar-refractivity contribution in [1.29, 1.82) is 0 Å². The maximum absolute atomic E-state index is 14.9. The zero-order valence-corrected chi connectivity index (χ0v) is 39.5. The fourth-order valence-electron chi connectivity index (χ4n) is 10.3. The molecule has 0 amide bonds. The summed E-state index contributed by atoms with van der Waals surface area (Å²) in [6, 6.07) is 0. The minimum Gasteiger partial charge on any atom is -0.388 e. The third kappa shape index (κ3) is 11.1. The molecule has 5 rings (SSSR count). The Morgan fingerprint density at radius 2 is 1.12 bits per heavy atom. The van der Waals surface area contributed by atoms with Crippen molar-refractivity contribution < 1.29 is 79.2 Å². The molecule has 9 N–H and O–H groups in total. The largest absolute Gasteiger partial charge is 0.388 e. The van der Waals surface area contributed by atoms with Gasteiger partial charge in [-0.15, -0.1) is 0 Å². The van der Waals surface area contributed by atoms with Crippen LogP contribution in [0.4, 0.5) is 0 Å². The lowest BCUT2D eigenvalue weighted by Crippen LogP contribution is -2.63. The SMILES string of the molecule is CC(C)=CCC(OC1OC(C)C(O)C(O)C1O)/C(C)=C/[C@H]1C(=O)[C@@]2(C)CCC[C@H]2[C@@H](C)[C@]1(O)C/C=C(\C)C(CC=C(C)C)OC1OC(C)C(OC2OC(C)C(O)C(O)C2O)C(O)C1O. The molecule has 0 aromatic rings. The van der Waals surface area contributed by atoms with E-state index in [0.29, 0.717) is 30.4 Å². The summed E-state index contributed by atoms with van der Waals surface area (Å²) in [5.74, 6) is -1.41. The van der Waals surface area contributed by atoms with Gasteiger partial charge in [0.25, 0.3) is 0 Å². The Labute approximate surface area is 378 Å². The molecule has 0 aromatic carbocycles. The van der Waals surface area contributed by atoms with E-state index in [1.807, 2.05) is 73.6 Å². The Balaban J connectivity index is 1.42. The molecule has 64 heavy (non-hydrogen) atoms. The second-order valence-electron chi connectivity index (χ2n) is 20.0. The highest BCUT2D eigenvalue weighted by Crippen LogP contribution is 2.58. The first-order chi connectivity index (χ1) is 29.8. The number of ketones is 1. The Kier molecular flexibility index (Phi) is 17.8. The molecule has 17 unspecified atom stereocenters. The molecule has 366 valence electrons. The minimum atomic E-state index is -1.63. The first kappa shape index (κ1) is 53.0. The van der Waals surface area contributed by atoms with Gasteiger partial charge in [0.15, 0.2) is 18.9 Å². The zero-order chi connectivity index (χ0) is 47.7. The highest BCUT2D eigenvalue weighted by atomic mass is 16.7. The number of fused-ring (bicyclic) bond motifs is 1. The van der Waals surface area contributed by atoms with Crippen LogP contribution in [0.3, 0.4) is 0 Å². The Bertz CT molecular complexity index is 1710. The standard InChI is InChI=1S/C48H78O16/c1-22(2)14-16-32(62-45-41(56)38(53)42(29(10)61-45)64-46-40(55)37(52)35(50)28(9)60-46)24(5)18-20-48(58)26(7)30-13-12-19-47(30,11)43(57)31(48)21-25(6)33(17-15-23(3)4)63-44-39(54)36(51)34(49)27(8)59-44/h14-15,18,21,26-42,44-46,49-56,58H,12-13,16-17,19-20H2,1-11H3/b24-18+,25-21+/t26-,27?,28?,29?,30+,31+,32?,33?,34?,35?,36?,37?,38?,39?,40?,41?,42?,44?,45?,46?,47+,48-/m1/s1. The highest BCUT2D eigenvalue weighted by molar-refractivity contribution is 5.91. The molecule has 0 radical (unpaired) electrons. The summed E-state index contributed by atoms with van der Waals surface area (Å²) in [5, 5.41) is 98.4. The average Bonchev–Trinajstić information content (AvgIpc) is 3.65. The number of carbonyl (C=O) groups is 1. The molecule has 22 atom stereocenters. The maximum Gasteiger partial charge on any atom is 0.187 e. The van der Waals surface area contributed by atoms with Gasteiger partial charge in [-0.05, 0) is 117 Å². The van der Waals surface area contributed by atoms with Crippen molar-refractivity contribution in [2.24, 2.45) is 23.2 Å². The van der Waals surface area contributed by atoms with Crippen LogP contribution in [-0.4, -0.2) is 162 Å². The van der Waals surface area contributed by atoms with E-state index in [2.05, 4.69) is 0 Å². The monoisotopic (exact) mass is 911 g/mol. The van der Waals surface area contributed by atoms with Crippen LogP contribution in [0, 0.1) is 23.2 Å². The van der Waals surface area contributed by atoms with Crippen molar-refractivity contribution in [3.05, 3.63) is 46.6 Å². The summed E-state index contributed by atoms with van der Waals surface area (Å²) < 4.78 is 36.1. The summed E-state index contributed by atoms with van der Waals surface area (Å²) in [5.41, 5.74) is 1.10. The van der Waals surface area contributed by atoms with E-state index >= 15 is 0 Å². The topological polar surface area (TPSA) is 255 Å². The van der Waals surface area contributed by atoms with E-state index in [-0.39, 0.29) is 24.0 Å². The van der Waals surface area contributed by atoms with Gasteiger partial charge in [-0.25, -0.2) is 0 Å². The number of rotatable bonds is 15. The lowest BCUT2D eigenvalue weighted by atomic mass is 9.53. The quantitative estimate of drug-likeness (QED) is 0.107. The van der Waals surface area contributed by atoms with Crippen molar-refractivity contribution in [3.8, 4) is 0 Å². The molecule has 5 fully saturated rings. The third-order valence-electron chi connectivity index (χ3n) is 14.8. The van der Waals surface area contributed by atoms with Gasteiger partial charge in [0.05, 0.1) is 42.0 Å². The van der Waals surface area contributed by atoms with Crippen molar-refractivity contribution in [2.45, 2.75) is 225 Å². The molecule has 3 aliphatic heterocycles. The Morgan fingerprint density at radius 1 is 0.656 bits per heavy atom.